The van der Waals surface area contributed by atoms with Gasteiger partial charge in [-0.3, -0.25) is 9.69 Å². The van der Waals surface area contributed by atoms with E-state index in [1.54, 1.807) is 7.11 Å². The Bertz CT molecular complexity index is 500. The van der Waals surface area contributed by atoms with Gasteiger partial charge in [0.1, 0.15) is 12.4 Å². The molecule has 1 aromatic rings. The summed E-state index contributed by atoms with van der Waals surface area (Å²) in [6.45, 7) is 5.01. The van der Waals surface area contributed by atoms with Gasteiger partial charge >= 0.3 is 0 Å². The average Bonchev–Trinajstić information content (AvgIpc) is 2.61. The summed E-state index contributed by atoms with van der Waals surface area (Å²) in [7, 11) is 1.59. The van der Waals surface area contributed by atoms with Crippen LogP contribution in [-0.2, 0) is 9.53 Å². The zero-order valence-corrected chi connectivity index (χ0v) is 14.9. The number of hydrogen-bond donors (Lipinski definition) is 1. The molecule has 0 bridgehead atoms. The van der Waals surface area contributed by atoms with Crippen LogP contribution in [0.5, 0.6) is 5.75 Å². The van der Waals surface area contributed by atoms with Crippen LogP contribution in [0, 0.1) is 0 Å². The Kier molecular flexibility index (Phi) is 7.78. The Balaban J connectivity index is 1.65. The Labute approximate surface area is 148 Å². The van der Waals surface area contributed by atoms with Crippen LogP contribution in [0.2, 0.25) is 5.02 Å². The highest BCUT2D eigenvalue weighted by Gasteiger charge is 2.22. The van der Waals surface area contributed by atoms with Crippen molar-refractivity contribution >= 4 is 17.5 Å². The third kappa shape index (κ3) is 5.94. The van der Waals surface area contributed by atoms with Crippen molar-refractivity contribution < 1.29 is 14.3 Å². The second-order valence-electron chi connectivity index (χ2n) is 5.82. The normalized spacial score (nSPS) is 16.9. The minimum atomic E-state index is -0.191. The number of ether oxygens (including phenoxy) is 2. The molecule has 7 heteroatoms. The Morgan fingerprint density at radius 3 is 2.50 bits per heavy atom. The summed E-state index contributed by atoms with van der Waals surface area (Å²) in [5, 5.41) is 0.702. The number of halogens is 1. The number of carbonyl (C=O) groups is 1. The predicted octanol–water partition coefficient (Wildman–Crippen LogP) is 1.23. The Hall–Kier alpha value is -1.34. The number of methoxy groups -OCH3 is 1. The number of carbonyl (C=O) groups excluding carboxylic acids is 1. The summed E-state index contributed by atoms with van der Waals surface area (Å²) < 4.78 is 10.9. The molecule has 0 radical (unpaired) electrons. The van der Waals surface area contributed by atoms with E-state index < -0.39 is 0 Å². The van der Waals surface area contributed by atoms with Gasteiger partial charge in [-0.15, -0.1) is 0 Å². The van der Waals surface area contributed by atoms with Crippen molar-refractivity contribution in [2.45, 2.75) is 12.5 Å². The first kappa shape index (κ1) is 19.0. The fraction of sp³-hybridized carbons (Fsp3) is 0.588. The van der Waals surface area contributed by atoms with Crippen molar-refractivity contribution in [2.75, 3.05) is 53.0 Å². The number of nitrogens with zero attached hydrogens (tertiary/aromatic N) is 2. The van der Waals surface area contributed by atoms with Gasteiger partial charge in [-0.2, -0.15) is 0 Å². The van der Waals surface area contributed by atoms with Crippen LogP contribution in [0.15, 0.2) is 24.3 Å². The van der Waals surface area contributed by atoms with Crippen LogP contribution in [-0.4, -0.2) is 74.8 Å². The maximum Gasteiger partial charge on any atom is 0.225 e. The molecule has 6 nitrogen and oxygen atoms in total. The quantitative estimate of drug-likeness (QED) is 0.759. The van der Waals surface area contributed by atoms with Crippen molar-refractivity contribution in [3.63, 3.8) is 0 Å². The first-order valence-electron chi connectivity index (χ1n) is 8.23. The van der Waals surface area contributed by atoms with Gasteiger partial charge in [-0.05, 0) is 24.3 Å². The highest BCUT2D eigenvalue weighted by molar-refractivity contribution is 6.30. The van der Waals surface area contributed by atoms with Gasteiger partial charge in [0.15, 0.2) is 0 Å². The van der Waals surface area contributed by atoms with E-state index in [0.29, 0.717) is 24.6 Å². The Morgan fingerprint density at radius 1 is 1.25 bits per heavy atom. The van der Waals surface area contributed by atoms with Crippen molar-refractivity contribution in [1.29, 1.82) is 0 Å². The summed E-state index contributed by atoms with van der Waals surface area (Å²) >= 11 is 5.85. The standard InChI is InChI=1S/C17H26ClN3O3/c1-23-16(13-19)12-17(22)21-8-6-20(7-9-21)10-11-24-15-4-2-14(18)3-5-15/h2-5,16H,6-13,19H2,1H3. The number of nitrogens with two attached hydrogens (primary N) is 1. The van der Waals surface area contributed by atoms with Gasteiger partial charge in [-0.25, -0.2) is 0 Å². The highest BCUT2D eigenvalue weighted by Crippen LogP contribution is 2.15. The SMILES string of the molecule is COC(CN)CC(=O)N1CCN(CCOc2ccc(Cl)cc2)CC1. The summed E-state index contributed by atoms with van der Waals surface area (Å²) in [6.07, 6.45) is 0.162. The first-order chi connectivity index (χ1) is 11.6. The Morgan fingerprint density at radius 2 is 1.92 bits per heavy atom. The molecule has 1 atom stereocenters. The summed E-state index contributed by atoms with van der Waals surface area (Å²) in [6, 6.07) is 7.36. The highest BCUT2D eigenvalue weighted by atomic mass is 35.5. The maximum atomic E-state index is 12.2. The van der Waals surface area contributed by atoms with Gasteiger partial charge in [0.05, 0.1) is 12.5 Å². The molecule has 1 unspecified atom stereocenters. The molecule has 1 heterocycles. The lowest BCUT2D eigenvalue weighted by Crippen LogP contribution is -2.50. The molecule has 1 aliphatic heterocycles. The summed E-state index contributed by atoms with van der Waals surface area (Å²) in [5.74, 6) is 0.935. The number of benzene rings is 1. The molecule has 1 aliphatic rings. The molecule has 1 saturated heterocycles. The number of amides is 1. The van der Waals surface area contributed by atoms with E-state index in [2.05, 4.69) is 4.90 Å². The molecule has 134 valence electrons. The zero-order valence-electron chi connectivity index (χ0n) is 14.1. The van der Waals surface area contributed by atoms with Crippen molar-refractivity contribution in [1.82, 2.24) is 9.80 Å². The predicted molar refractivity (Wildman–Crippen MR) is 94.4 cm³/mol. The third-order valence-electron chi connectivity index (χ3n) is 4.21. The molecule has 1 aromatic carbocycles. The molecule has 1 amide bonds. The number of hydrogen-bond acceptors (Lipinski definition) is 5. The number of rotatable bonds is 8. The van der Waals surface area contributed by atoms with E-state index in [4.69, 9.17) is 26.8 Å². The van der Waals surface area contributed by atoms with Crippen molar-refractivity contribution in [3.8, 4) is 5.75 Å². The van der Waals surface area contributed by atoms with Crippen LogP contribution in [0.3, 0.4) is 0 Å². The molecule has 2 N–H and O–H groups in total. The van der Waals surface area contributed by atoms with Crippen LogP contribution in [0.25, 0.3) is 0 Å². The minimum absolute atomic E-state index is 0.115. The molecule has 1 fully saturated rings. The average molecular weight is 356 g/mol. The van der Waals surface area contributed by atoms with Gasteiger partial charge in [0.25, 0.3) is 0 Å². The van der Waals surface area contributed by atoms with Crippen LogP contribution in [0.1, 0.15) is 6.42 Å². The summed E-state index contributed by atoms with van der Waals surface area (Å²) in [5.41, 5.74) is 5.57. The van der Waals surface area contributed by atoms with E-state index >= 15 is 0 Å². The van der Waals surface area contributed by atoms with E-state index in [0.717, 1.165) is 38.5 Å². The zero-order chi connectivity index (χ0) is 17.4. The van der Waals surface area contributed by atoms with Crippen LogP contribution >= 0.6 is 11.6 Å². The lowest BCUT2D eigenvalue weighted by Gasteiger charge is -2.35. The fourth-order valence-corrected chi connectivity index (χ4v) is 2.76. The minimum Gasteiger partial charge on any atom is -0.492 e. The second-order valence-corrected chi connectivity index (χ2v) is 6.26. The lowest BCUT2D eigenvalue weighted by atomic mass is 10.2. The topological polar surface area (TPSA) is 68.0 Å². The molecular weight excluding hydrogens is 330 g/mol. The molecule has 2 rings (SSSR count). The van der Waals surface area contributed by atoms with Crippen molar-refractivity contribution in [3.05, 3.63) is 29.3 Å². The van der Waals surface area contributed by atoms with Gasteiger partial charge in [0, 0.05) is 51.4 Å². The molecule has 0 aliphatic carbocycles. The third-order valence-corrected chi connectivity index (χ3v) is 4.47. The lowest BCUT2D eigenvalue weighted by molar-refractivity contribution is -0.135. The smallest absolute Gasteiger partial charge is 0.225 e. The largest absolute Gasteiger partial charge is 0.492 e. The molecule has 24 heavy (non-hydrogen) atoms. The monoisotopic (exact) mass is 355 g/mol. The maximum absolute atomic E-state index is 12.2. The molecule has 0 aromatic heterocycles. The van der Waals surface area contributed by atoms with Crippen LogP contribution < -0.4 is 10.5 Å². The van der Waals surface area contributed by atoms with Gasteiger partial charge < -0.3 is 20.1 Å². The fourth-order valence-electron chi connectivity index (χ4n) is 2.63. The summed E-state index contributed by atoms with van der Waals surface area (Å²) in [4.78, 5) is 16.4. The van der Waals surface area contributed by atoms with Gasteiger partial charge in [0.2, 0.25) is 5.91 Å². The van der Waals surface area contributed by atoms with Crippen molar-refractivity contribution in [2.24, 2.45) is 5.73 Å². The van der Waals surface area contributed by atoms with Gasteiger partial charge in [-0.1, -0.05) is 11.6 Å². The second kappa shape index (κ2) is 9.84. The van der Waals surface area contributed by atoms with E-state index in [9.17, 15) is 4.79 Å². The van der Waals surface area contributed by atoms with E-state index in [-0.39, 0.29) is 12.0 Å². The first-order valence-corrected chi connectivity index (χ1v) is 8.61. The van der Waals surface area contributed by atoms with E-state index in [1.807, 2.05) is 29.2 Å². The van der Waals surface area contributed by atoms with E-state index in [1.165, 1.54) is 0 Å². The molecule has 0 saturated carbocycles. The molecular formula is C17H26ClN3O3. The number of piperazine rings is 1. The molecule has 0 spiro atoms. The van der Waals surface area contributed by atoms with Crippen LogP contribution in [0.4, 0.5) is 0 Å².